The third kappa shape index (κ3) is 4.52. The van der Waals surface area contributed by atoms with Gasteiger partial charge in [-0.2, -0.15) is 0 Å². The molecule has 0 aliphatic carbocycles. The second kappa shape index (κ2) is 7.13. The van der Waals surface area contributed by atoms with Crippen molar-refractivity contribution in [2.24, 2.45) is 0 Å². The van der Waals surface area contributed by atoms with Crippen LogP contribution in [0, 0.1) is 0 Å². The number of halogens is 2. The molecule has 0 saturated carbocycles. The Bertz CT molecular complexity index is 471. The van der Waals surface area contributed by atoms with E-state index in [2.05, 4.69) is 5.32 Å². The summed E-state index contributed by atoms with van der Waals surface area (Å²) in [6.45, 7) is 3.78. The number of nitrogens with zero attached hydrogens (tertiary/aromatic N) is 1. The van der Waals surface area contributed by atoms with Gasteiger partial charge in [-0.25, -0.2) is 0 Å². The minimum atomic E-state index is -0.514. The molecule has 0 fully saturated rings. The summed E-state index contributed by atoms with van der Waals surface area (Å²) in [4.78, 5) is 13.9. The minimum absolute atomic E-state index is 0.260. The Labute approximate surface area is 128 Å². The van der Waals surface area contributed by atoms with Gasteiger partial charge in [0, 0.05) is 11.6 Å². The van der Waals surface area contributed by atoms with Crippen molar-refractivity contribution in [3.8, 4) is 0 Å². The van der Waals surface area contributed by atoms with Crippen molar-refractivity contribution in [1.29, 1.82) is 0 Å². The maximum Gasteiger partial charge on any atom is 0.241 e. The molecule has 112 valence electrons. The Kier molecular flexibility index (Phi) is 6.07. The van der Waals surface area contributed by atoms with E-state index in [1.165, 1.54) is 12.1 Å². The van der Waals surface area contributed by atoms with Crippen LogP contribution >= 0.6 is 23.2 Å². The van der Waals surface area contributed by atoms with Crippen LogP contribution in [0.15, 0.2) is 12.1 Å². The summed E-state index contributed by atoms with van der Waals surface area (Å²) in [5, 5.41) is 12.7. The number of rotatable bonds is 5. The zero-order valence-corrected chi connectivity index (χ0v) is 13.2. The lowest BCUT2D eigenvalue weighted by Crippen LogP contribution is -2.42. The Morgan fingerprint density at radius 1 is 1.45 bits per heavy atom. The number of carbonyl (C=O) groups is 1. The van der Waals surface area contributed by atoms with E-state index < -0.39 is 12.1 Å². The maximum atomic E-state index is 12.1. The SMILES string of the molecule is CC(O)CN(C)C(C)C(=O)Nc1c(N)cc(Cl)cc1Cl. The summed E-state index contributed by atoms with van der Waals surface area (Å²) in [5.74, 6) is -0.260. The quantitative estimate of drug-likeness (QED) is 0.727. The number of carbonyl (C=O) groups excluding carboxylic acids is 1. The van der Waals surface area contributed by atoms with Gasteiger partial charge >= 0.3 is 0 Å². The number of nitrogen functional groups attached to an aromatic ring is 1. The fraction of sp³-hybridized carbons (Fsp3) is 0.462. The number of anilines is 2. The number of aliphatic hydroxyl groups excluding tert-OH is 1. The van der Waals surface area contributed by atoms with Gasteiger partial charge in [0.25, 0.3) is 0 Å². The third-order valence-corrected chi connectivity index (χ3v) is 3.44. The molecule has 1 amide bonds. The third-order valence-electron chi connectivity index (χ3n) is 2.93. The monoisotopic (exact) mass is 319 g/mol. The number of nitrogens with two attached hydrogens (primary N) is 1. The fourth-order valence-electron chi connectivity index (χ4n) is 1.73. The lowest BCUT2D eigenvalue weighted by atomic mass is 10.2. The Morgan fingerprint density at radius 3 is 2.55 bits per heavy atom. The molecule has 0 saturated heterocycles. The van der Waals surface area contributed by atoms with Gasteiger partial charge in [0.15, 0.2) is 0 Å². The molecule has 20 heavy (non-hydrogen) atoms. The second-order valence-electron chi connectivity index (χ2n) is 4.81. The molecular weight excluding hydrogens is 301 g/mol. The molecule has 1 aromatic rings. The van der Waals surface area contributed by atoms with E-state index in [1.54, 1.807) is 25.8 Å². The van der Waals surface area contributed by atoms with E-state index in [9.17, 15) is 9.90 Å². The highest BCUT2D eigenvalue weighted by molar-refractivity contribution is 6.37. The number of amides is 1. The fourth-order valence-corrected chi connectivity index (χ4v) is 2.28. The van der Waals surface area contributed by atoms with Crippen LogP contribution in [0.25, 0.3) is 0 Å². The molecule has 0 aliphatic rings. The van der Waals surface area contributed by atoms with Crippen LogP contribution in [0.1, 0.15) is 13.8 Å². The number of benzene rings is 1. The first-order chi connectivity index (χ1) is 9.22. The first-order valence-corrected chi connectivity index (χ1v) is 6.91. The molecule has 0 spiro atoms. The highest BCUT2D eigenvalue weighted by atomic mass is 35.5. The molecule has 0 radical (unpaired) electrons. The summed E-state index contributed by atoms with van der Waals surface area (Å²) in [5.41, 5.74) is 6.44. The molecule has 1 aromatic carbocycles. The standard InChI is InChI=1S/C13H19Cl2N3O2/c1-7(19)6-18(3)8(2)13(20)17-12-10(15)4-9(14)5-11(12)16/h4-5,7-8,19H,6,16H2,1-3H3,(H,17,20). The van der Waals surface area contributed by atoms with Crippen molar-refractivity contribution in [3.05, 3.63) is 22.2 Å². The average Bonchev–Trinajstić information content (AvgIpc) is 2.31. The maximum absolute atomic E-state index is 12.1. The smallest absolute Gasteiger partial charge is 0.241 e. The van der Waals surface area contributed by atoms with Crippen LogP contribution in [0.3, 0.4) is 0 Å². The normalized spacial score (nSPS) is 14.2. The largest absolute Gasteiger partial charge is 0.397 e. The van der Waals surface area contributed by atoms with Crippen LogP contribution in [-0.2, 0) is 4.79 Å². The van der Waals surface area contributed by atoms with Gasteiger partial charge in [-0.3, -0.25) is 9.69 Å². The van der Waals surface area contributed by atoms with E-state index in [0.29, 0.717) is 22.9 Å². The molecule has 2 unspecified atom stereocenters. The highest BCUT2D eigenvalue weighted by Gasteiger charge is 2.21. The molecule has 0 bridgehead atoms. The lowest BCUT2D eigenvalue weighted by Gasteiger charge is -2.25. The Balaban J connectivity index is 2.81. The summed E-state index contributed by atoms with van der Waals surface area (Å²) < 4.78 is 0. The number of aliphatic hydroxyl groups is 1. The zero-order valence-electron chi connectivity index (χ0n) is 11.7. The number of hydrogen-bond donors (Lipinski definition) is 3. The number of hydrogen-bond acceptors (Lipinski definition) is 4. The van der Waals surface area contributed by atoms with E-state index in [4.69, 9.17) is 28.9 Å². The van der Waals surface area contributed by atoms with Crippen molar-refractivity contribution in [3.63, 3.8) is 0 Å². The van der Waals surface area contributed by atoms with Crippen LogP contribution in [0.2, 0.25) is 10.0 Å². The number of nitrogens with one attached hydrogen (secondary N) is 1. The summed E-state index contributed by atoms with van der Waals surface area (Å²) in [7, 11) is 1.75. The summed E-state index contributed by atoms with van der Waals surface area (Å²) in [6.07, 6.45) is -0.514. The predicted octanol–water partition coefficient (Wildman–Crippen LogP) is 2.22. The first kappa shape index (κ1) is 17.0. The summed E-state index contributed by atoms with van der Waals surface area (Å²) in [6, 6.07) is 2.60. The van der Waals surface area contributed by atoms with Crippen molar-refractivity contribution in [1.82, 2.24) is 4.90 Å². The van der Waals surface area contributed by atoms with Crippen molar-refractivity contribution >= 4 is 40.5 Å². The molecule has 7 heteroatoms. The minimum Gasteiger partial charge on any atom is -0.397 e. The lowest BCUT2D eigenvalue weighted by molar-refractivity contribution is -0.120. The Hall–Kier alpha value is -1.01. The van der Waals surface area contributed by atoms with Gasteiger partial charge in [0.1, 0.15) is 0 Å². The molecule has 0 aliphatic heterocycles. The van der Waals surface area contributed by atoms with E-state index in [1.807, 2.05) is 0 Å². The molecule has 5 nitrogen and oxygen atoms in total. The van der Waals surface area contributed by atoms with Gasteiger partial charge in [0.05, 0.1) is 28.5 Å². The van der Waals surface area contributed by atoms with Gasteiger partial charge in [-0.05, 0) is 33.0 Å². The van der Waals surface area contributed by atoms with Crippen LogP contribution < -0.4 is 11.1 Å². The second-order valence-corrected chi connectivity index (χ2v) is 5.65. The van der Waals surface area contributed by atoms with E-state index in [0.717, 1.165) is 0 Å². The molecule has 0 aromatic heterocycles. The van der Waals surface area contributed by atoms with Crippen molar-refractivity contribution in [2.75, 3.05) is 24.6 Å². The van der Waals surface area contributed by atoms with Gasteiger partial charge < -0.3 is 16.2 Å². The first-order valence-electron chi connectivity index (χ1n) is 6.16. The van der Waals surface area contributed by atoms with Crippen molar-refractivity contribution < 1.29 is 9.90 Å². The van der Waals surface area contributed by atoms with Crippen molar-refractivity contribution in [2.45, 2.75) is 26.0 Å². The van der Waals surface area contributed by atoms with Gasteiger partial charge in [0.2, 0.25) is 5.91 Å². The highest BCUT2D eigenvalue weighted by Crippen LogP contribution is 2.32. The topological polar surface area (TPSA) is 78.6 Å². The average molecular weight is 320 g/mol. The zero-order chi connectivity index (χ0) is 15.4. The van der Waals surface area contributed by atoms with Gasteiger partial charge in [-0.15, -0.1) is 0 Å². The van der Waals surface area contributed by atoms with E-state index >= 15 is 0 Å². The Morgan fingerprint density at radius 2 is 2.05 bits per heavy atom. The van der Waals surface area contributed by atoms with Crippen LogP contribution in [0.5, 0.6) is 0 Å². The molecular formula is C13H19Cl2N3O2. The van der Waals surface area contributed by atoms with E-state index in [-0.39, 0.29) is 10.9 Å². The molecule has 1 rings (SSSR count). The molecule has 4 N–H and O–H groups in total. The van der Waals surface area contributed by atoms with Crippen LogP contribution in [-0.4, -0.2) is 41.7 Å². The van der Waals surface area contributed by atoms with Gasteiger partial charge in [-0.1, -0.05) is 23.2 Å². The molecule has 2 atom stereocenters. The molecule has 0 heterocycles. The van der Waals surface area contributed by atoms with Crippen LogP contribution in [0.4, 0.5) is 11.4 Å². The predicted molar refractivity (Wildman–Crippen MR) is 83.3 cm³/mol. The number of likely N-dealkylation sites (N-methyl/N-ethyl adjacent to an activating group) is 1. The summed E-state index contributed by atoms with van der Waals surface area (Å²) >= 11 is 11.8.